The minimum Gasteiger partial charge on any atom is -0.479 e. The number of hydrogen-bond acceptors (Lipinski definition) is 4. The molecule has 3 N–H and O–H groups in total. The number of benzene rings is 1. The highest BCUT2D eigenvalue weighted by Crippen LogP contribution is 2.29. The maximum Gasteiger partial charge on any atom is 0.331 e. The van der Waals surface area contributed by atoms with Gasteiger partial charge in [0.2, 0.25) is 15.9 Å². The lowest BCUT2D eigenvalue weighted by atomic mass is 10.1. The van der Waals surface area contributed by atoms with Crippen LogP contribution in [-0.4, -0.2) is 42.1 Å². The van der Waals surface area contributed by atoms with E-state index in [9.17, 15) is 23.1 Å². The van der Waals surface area contributed by atoms with Crippen LogP contribution in [0.3, 0.4) is 0 Å². The summed E-state index contributed by atoms with van der Waals surface area (Å²) < 4.78 is 22.7. The largest absolute Gasteiger partial charge is 0.479 e. The summed E-state index contributed by atoms with van der Waals surface area (Å²) >= 11 is 5.74. The minimum absolute atomic E-state index is 0.239. The number of carbonyl (C=O) groups excluding carboxylic acids is 1. The molecule has 2 rings (SSSR count). The van der Waals surface area contributed by atoms with Gasteiger partial charge < -0.3 is 10.0 Å². The third kappa shape index (κ3) is 3.34. The van der Waals surface area contributed by atoms with Crippen molar-refractivity contribution in [2.45, 2.75) is 17.7 Å². The molecule has 21 heavy (non-hydrogen) atoms. The second kappa shape index (κ2) is 5.63. The van der Waals surface area contributed by atoms with E-state index >= 15 is 0 Å². The Bertz CT molecular complexity index is 673. The number of primary sulfonamides is 1. The van der Waals surface area contributed by atoms with Gasteiger partial charge in [0.25, 0.3) is 0 Å². The van der Waals surface area contributed by atoms with E-state index in [1.54, 1.807) is 0 Å². The predicted molar refractivity (Wildman–Crippen MR) is 75.1 cm³/mol. The molecule has 0 bridgehead atoms. The molecule has 1 heterocycles. The summed E-state index contributed by atoms with van der Waals surface area (Å²) in [5.41, 5.74) is 0.343. The quantitative estimate of drug-likeness (QED) is 0.825. The Morgan fingerprint density at radius 3 is 2.38 bits per heavy atom. The minimum atomic E-state index is -3.89. The molecule has 1 saturated heterocycles. The molecule has 114 valence electrons. The van der Waals surface area contributed by atoms with Crippen LogP contribution in [0.2, 0.25) is 5.02 Å². The number of nitrogens with zero attached hydrogens (tertiary/aromatic N) is 1. The Labute approximate surface area is 126 Å². The molecule has 2 atom stereocenters. The Balaban J connectivity index is 2.34. The van der Waals surface area contributed by atoms with Crippen molar-refractivity contribution >= 4 is 33.5 Å². The number of carboxylic acid groups (broad SMARTS) is 1. The van der Waals surface area contributed by atoms with Gasteiger partial charge in [-0.05, 0) is 17.7 Å². The molecule has 1 amide bonds. The standard InChI is InChI=1S/C12H13ClN2O5S/c13-8-3-1-7(2-4-8)11(12(17)18)15-6-9(5-10(15)16)21(14,19)20/h1-4,9,11H,5-6H2,(H,17,18)(H2,14,19,20). The topological polar surface area (TPSA) is 118 Å². The normalized spacial score (nSPS) is 20.6. The van der Waals surface area contributed by atoms with Gasteiger partial charge in [0.15, 0.2) is 6.04 Å². The third-order valence-electron chi connectivity index (χ3n) is 3.32. The predicted octanol–water partition coefficient (Wildman–Crippen LogP) is 0.355. The van der Waals surface area contributed by atoms with Crippen LogP contribution in [0.5, 0.6) is 0 Å². The number of nitrogens with two attached hydrogens (primary N) is 1. The first-order valence-corrected chi connectivity index (χ1v) is 7.98. The van der Waals surface area contributed by atoms with Crippen LogP contribution in [0.15, 0.2) is 24.3 Å². The zero-order valence-electron chi connectivity index (χ0n) is 10.8. The number of carboxylic acids is 1. The Morgan fingerprint density at radius 1 is 1.38 bits per heavy atom. The average Bonchev–Trinajstić information content (AvgIpc) is 2.74. The van der Waals surface area contributed by atoms with Crippen LogP contribution in [0.1, 0.15) is 18.0 Å². The van der Waals surface area contributed by atoms with E-state index in [1.165, 1.54) is 24.3 Å². The molecule has 2 unspecified atom stereocenters. The second-order valence-electron chi connectivity index (χ2n) is 4.75. The summed E-state index contributed by atoms with van der Waals surface area (Å²) in [7, 11) is -3.89. The summed E-state index contributed by atoms with van der Waals surface area (Å²) in [6, 6.07) is 4.72. The number of likely N-dealkylation sites (tertiary alicyclic amines) is 1. The van der Waals surface area contributed by atoms with Gasteiger partial charge >= 0.3 is 5.97 Å². The molecule has 7 nitrogen and oxygen atoms in total. The fourth-order valence-corrected chi connectivity index (χ4v) is 3.14. The van der Waals surface area contributed by atoms with Gasteiger partial charge in [-0.1, -0.05) is 23.7 Å². The SMILES string of the molecule is NS(=O)(=O)C1CC(=O)N(C(C(=O)O)c2ccc(Cl)cc2)C1. The molecule has 1 aromatic carbocycles. The molecule has 0 aliphatic carbocycles. The van der Waals surface area contributed by atoms with Crippen LogP contribution in [0.4, 0.5) is 0 Å². The van der Waals surface area contributed by atoms with Crippen molar-refractivity contribution in [3.05, 3.63) is 34.9 Å². The zero-order chi connectivity index (χ0) is 15.8. The van der Waals surface area contributed by atoms with Gasteiger partial charge in [-0.15, -0.1) is 0 Å². The molecule has 1 aliphatic heterocycles. The molecule has 1 aromatic rings. The van der Waals surface area contributed by atoms with Crippen LogP contribution in [0, 0.1) is 0 Å². The molecule has 0 saturated carbocycles. The Hall–Kier alpha value is -1.64. The van der Waals surface area contributed by atoms with Crippen LogP contribution < -0.4 is 5.14 Å². The maximum atomic E-state index is 11.9. The van der Waals surface area contributed by atoms with Crippen molar-refractivity contribution < 1.29 is 23.1 Å². The summed E-state index contributed by atoms with van der Waals surface area (Å²) in [6.07, 6.45) is -0.309. The van der Waals surface area contributed by atoms with E-state index < -0.39 is 33.2 Å². The fourth-order valence-electron chi connectivity index (χ4n) is 2.27. The molecule has 0 aromatic heterocycles. The van der Waals surface area contributed by atoms with Crippen molar-refractivity contribution in [2.75, 3.05) is 6.54 Å². The number of aliphatic carboxylic acids is 1. The number of hydrogen-bond donors (Lipinski definition) is 2. The van der Waals surface area contributed by atoms with Crippen molar-refractivity contribution in [3.63, 3.8) is 0 Å². The lowest BCUT2D eigenvalue weighted by molar-refractivity contribution is -0.148. The Morgan fingerprint density at radius 2 is 1.95 bits per heavy atom. The molecule has 9 heteroatoms. The van der Waals surface area contributed by atoms with Gasteiger partial charge in [-0.2, -0.15) is 0 Å². The Kier molecular flexibility index (Phi) is 4.22. The molecular formula is C12H13ClN2O5S. The van der Waals surface area contributed by atoms with E-state index in [4.69, 9.17) is 16.7 Å². The summed E-state index contributed by atoms with van der Waals surface area (Å²) in [4.78, 5) is 24.4. The van der Waals surface area contributed by atoms with Gasteiger partial charge in [0.05, 0.1) is 0 Å². The van der Waals surface area contributed by atoms with Gasteiger partial charge in [-0.25, -0.2) is 18.4 Å². The lowest BCUT2D eigenvalue weighted by Crippen LogP contribution is -2.37. The highest BCUT2D eigenvalue weighted by molar-refractivity contribution is 7.89. The fraction of sp³-hybridized carbons (Fsp3) is 0.333. The van der Waals surface area contributed by atoms with Gasteiger partial charge in [-0.3, -0.25) is 4.79 Å². The van der Waals surface area contributed by atoms with Crippen molar-refractivity contribution in [3.8, 4) is 0 Å². The van der Waals surface area contributed by atoms with Crippen molar-refractivity contribution in [1.29, 1.82) is 0 Å². The number of amides is 1. The summed E-state index contributed by atoms with van der Waals surface area (Å²) in [6.45, 7) is -0.239. The number of sulfonamides is 1. The number of carbonyl (C=O) groups is 2. The highest BCUT2D eigenvalue weighted by Gasteiger charge is 2.42. The van der Waals surface area contributed by atoms with E-state index in [-0.39, 0.29) is 13.0 Å². The first-order chi connectivity index (χ1) is 9.70. The maximum absolute atomic E-state index is 11.9. The van der Waals surface area contributed by atoms with Crippen molar-refractivity contribution in [1.82, 2.24) is 4.90 Å². The van der Waals surface area contributed by atoms with Gasteiger partial charge in [0, 0.05) is 18.0 Å². The monoisotopic (exact) mass is 332 g/mol. The molecule has 0 spiro atoms. The zero-order valence-corrected chi connectivity index (χ0v) is 12.3. The molecule has 0 radical (unpaired) electrons. The molecule has 1 aliphatic rings. The smallest absolute Gasteiger partial charge is 0.331 e. The van der Waals surface area contributed by atoms with Crippen LogP contribution >= 0.6 is 11.6 Å². The van der Waals surface area contributed by atoms with E-state index in [2.05, 4.69) is 0 Å². The molecule has 1 fully saturated rings. The summed E-state index contributed by atoms with van der Waals surface area (Å²) in [5.74, 6) is -1.81. The highest BCUT2D eigenvalue weighted by atomic mass is 35.5. The second-order valence-corrected chi connectivity index (χ2v) is 7.03. The number of halogens is 1. The first-order valence-electron chi connectivity index (χ1n) is 5.99. The summed E-state index contributed by atoms with van der Waals surface area (Å²) in [5, 5.41) is 13.7. The lowest BCUT2D eigenvalue weighted by Gasteiger charge is -2.24. The van der Waals surface area contributed by atoms with E-state index in [0.717, 1.165) is 4.90 Å². The molecular weight excluding hydrogens is 320 g/mol. The van der Waals surface area contributed by atoms with E-state index in [1.807, 2.05) is 0 Å². The van der Waals surface area contributed by atoms with Crippen LogP contribution in [-0.2, 0) is 19.6 Å². The average molecular weight is 333 g/mol. The first kappa shape index (κ1) is 15.7. The van der Waals surface area contributed by atoms with Gasteiger partial charge in [0.1, 0.15) is 5.25 Å². The number of rotatable bonds is 4. The van der Waals surface area contributed by atoms with Crippen molar-refractivity contribution in [2.24, 2.45) is 5.14 Å². The third-order valence-corrected chi connectivity index (χ3v) is 4.82. The van der Waals surface area contributed by atoms with E-state index in [0.29, 0.717) is 10.6 Å². The van der Waals surface area contributed by atoms with Crippen LogP contribution in [0.25, 0.3) is 0 Å².